The molecule has 3 heterocycles. The van der Waals surface area contributed by atoms with Crippen LogP contribution < -0.4 is 10.3 Å². The van der Waals surface area contributed by atoms with Crippen molar-refractivity contribution in [2.45, 2.75) is 25.4 Å². The molecule has 1 fully saturated rings. The lowest BCUT2D eigenvalue weighted by molar-refractivity contribution is -0.134. The normalized spacial score (nSPS) is 18.5. The molecule has 0 aliphatic carbocycles. The molecule has 158 valence electrons. The van der Waals surface area contributed by atoms with E-state index in [2.05, 4.69) is 4.98 Å². The van der Waals surface area contributed by atoms with Gasteiger partial charge in [-0.05, 0) is 25.0 Å². The zero-order valence-corrected chi connectivity index (χ0v) is 17.1. The van der Waals surface area contributed by atoms with Gasteiger partial charge in [-0.25, -0.2) is 0 Å². The summed E-state index contributed by atoms with van der Waals surface area (Å²) in [5, 5.41) is 10.6. The van der Waals surface area contributed by atoms with Gasteiger partial charge < -0.3 is 24.2 Å². The third kappa shape index (κ3) is 3.49. The third-order valence-electron chi connectivity index (χ3n) is 5.46. The maximum Gasteiger partial charge on any atom is 0.315 e. The maximum atomic E-state index is 12.9. The molecule has 1 atom stereocenters. The van der Waals surface area contributed by atoms with Crippen LogP contribution in [-0.4, -0.2) is 63.0 Å². The summed E-state index contributed by atoms with van der Waals surface area (Å²) in [6, 6.07) is 6.40. The fraction of sp³-hybridized carbons (Fsp3) is 0.400. The Bertz CT molecular complexity index is 1070. The molecule has 1 aromatic carbocycles. The van der Waals surface area contributed by atoms with Gasteiger partial charge >= 0.3 is 5.56 Å². The summed E-state index contributed by atoms with van der Waals surface area (Å²) in [5.41, 5.74) is -0.947. The highest BCUT2D eigenvalue weighted by atomic mass is 35.5. The number of hydrogen-bond donors (Lipinski definition) is 1. The lowest BCUT2D eigenvalue weighted by Crippen LogP contribution is -2.43. The largest absolute Gasteiger partial charge is 0.501 e. The molecule has 0 unspecified atom stereocenters. The van der Waals surface area contributed by atoms with E-state index >= 15 is 0 Å². The second-order valence-electron chi connectivity index (χ2n) is 7.31. The first-order valence-electron chi connectivity index (χ1n) is 9.64. The van der Waals surface area contributed by atoms with Gasteiger partial charge in [0, 0.05) is 26.7 Å². The fourth-order valence-electron chi connectivity index (χ4n) is 3.91. The van der Waals surface area contributed by atoms with Crippen LogP contribution in [-0.2, 0) is 11.3 Å². The minimum atomic E-state index is -0.869. The number of likely N-dealkylation sites (N-methyl/N-ethyl adjacent to an activating group) is 1. The van der Waals surface area contributed by atoms with Crippen molar-refractivity contribution in [3.63, 3.8) is 0 Å². The molecule has 10 heteroatoms. The van der Waals surface area contributed by atoms with E-state index in [-0.39, 0.29) is 18.2 Å². The fourth-order valence-corrected chi connectivity index (χ4v) is 4.10. The number of carbonyl (C=O) groups excluding carboxylic acids is 2. The number of carbonyl (C=O) groups is 2. The molecule has 30 heavy (non-hydrogen) atoms. The molecule has 1 saturated heterocycles. The molecule has 1 N–H and O–H groups in total. The number of ether oxygens (including phenoxy) is 1. The molecule has 0 bridgehead atoms. The molecule has 0 saturated carbocycles. The smallest absolute Gasteiger partial charge is 0.315 e. The molecular weight excluding hydrogens is 412 g/mol. The number of halogens is 1. The van der Waals surface area contributed by atoms with Crippen LogP contribution in [0.4, 0.5) is 0 Å². The summed E-state index contributed by atoms with van der Waals surface area (Å²) in [6.45, 7) is 1.06. The maximum absolute atomic E-state index is 12.9. The number of nitrogens with zero attached hydrogens (tertiary/aromatic N) is 4. The average molecular weight is 433 g/mol. The lowest BCUT2D eigenvalue weighted by atomic mass is 10.1. The number of benzene rings is 1. The molecule has 0 spiro atoms. The topological polar surface area (TPSA) is 105 Å². The third-order valence-corrected chi connectivity index (χ3v) is 5.77. The van der Waals surface area contributed by atoms with Gasteiger partial charge in [0.2, 0.25) is 5.75 Å². The number of fused-ring (bicyclic) bond motifs is 1. The molecule has 0 radical (unpaired) electrons. The van der Waals surface area contributed by atoms with Gasteiger partial charge in [-0.3, -0.25) is 14.4 Å². The summed E-state index contributed by atoms with van der Waals surface area (Å²) in [5.74, 6) is -0.648. The van der Waals surface area contributed by atoms with E-state index in [0.29, 0.717) is 42.7 Å². The van der Waals surface area contributed by atoms with Gasteiger partial charge in [-0.1, -0.05) is 23.7 Å². The molecule has 2 aliphatic rings. The van der Waals surface area contributed by atoms with Crippen molar-refractivity contribution < 1.29 is 19.4 Å². The Hall–Kier alpha value is -3.07. The first-order valence-corrected chi connectivity index (χ1v) is 10.0. The van der Waals surface area contributed by atoms with E-state index in [9.17, 15) is 19.5 Å². The van der Waals surface area contributed by atoms with E-state index in [4.69, 9.17) is 16.3 Å². The average Bonchev–Trinajstić information content (AvgIpc) is 3.22. The monoisotopic (exact) mass is 432 g/mol. The van der Waals surface area contributed by atoms with Crippen LogP contribution in [0.5, 0.6) is 11.5 Å². The van der Waals surface area contributed by atoms with Gasteiger partial charge in [-0.2, -0.15) is 4.98 Å². The quantitative estimate of drug-likeness (QED) is 0.783. The predicted molar refractivity (Wildman–Crippen MR) is 108 cm³/mol. The number of para-hydroxylation sites is 1. The minimum Gasteiger partial charge on any atom is -0.501 e. The highest BCUT2D eigenvalue weighted by molar-refractivity contribution is 6.32. The van der Waals surface area contributed by atoms with Crippen LogP contribution in [0.15, 0.2) is 29.1 Å². The number of amides is 2. The molecule has 1 aromatic heterocycles. The number of aromatic nitrogens is 2. The molecule has 9 nitrogen and oxygen atoms in total. The van der Waals surface area contributed by atoms with E-state index in [0.717, 1.165) is 6.42 Å². The summed E-state index contributed by atoms with van der Waals surface area (Å²) in [6.07, 6.45) is 1.32. The minimum absolute atomic E-state index is 0.0784. The van der Waals surface area contributed by atoms with Crippen LogP contribution in [0.2, 0.25) is 5.02 Å². The van der Waals surface area contributed by atoms with Crippen LogP contribution in [0.25, 0.3) is 0 Å². The van der Waals surface area contributed by atoms with E-state index < -0.39 is 23.3 Å². The Kier molecular flexibility index (Phi) is 5.38. The van der Waals surface area contributed by atoms with Crippen molar-refractivity contribution in [1.29, 1.82) is 0 Å². The Morgan fingerprint density at radius 1 is 1.27 bits per heavy atom. The highest BCUT2D eigenvalue weighted by Crippen LogP contribution is 2.33. The number of rotatable bonds is 4. The van der Waals surface area contributed by atoms with Crippen molar-refractivity contribution in [2.75, 3.05) is 26.7 Å². The number of likely N-dealkylation sites (tertiary alicyclic amines) is 1. The zero-order chi connectivity index (χ0) is 21.4. The Balaban J connectivity index is 1.62. The van der Waals surface area contributed by atoms with Crippen molar-refractivity contribution in [1.82, 2.24) is 19.4 Å². The number of aromatic hydroxyl groups is 1. The van der Waals surface area contributed by atoms with Crippen LogP contribution in [0.3, 0.4) is 0 Å². The second kappa shape index (κ2) is 7.98. The van der Waals surface area contributed by atoms with Gasteiger partial charge in [-0.15, -0.1) is 0 Å². The van der Waals surface area contributed by atoms with Crippen LogP contribution in [0.1, 0.15) is 35.2 Å². The number of hydrogen-bond acceptors (Lipinski definition) is 6. The highest BCUT2D eigenvalue weighted by Gasteiger charge is 2.37. The lowest BCUT2D eigenvalue weighted by Gasteiger charge is -2.32. The van der Waals surface area contributed by atoms with E-state index in [1.54, 1.807) is 40.8 Å². The summed E-state index contributed by atoms with van der Waals surface area (Å²) in [7, 11) is 1.60. The van der Waals surface area contributed by atoms with Crippen molar-refractivity contribution in [2.24, 2.45) is 0 Å². The molecule has 4 rings (SSSR count). The second-order valence-corrected chi connectivity index (χ2v) is 7.72. The summed E-state index contributed by atoms with van der Waals surface area (Å²) in [4.78, 5) is 44.7. The first kappa shape index (κ1) is 20.2. The van der Waals surface area contributed by atoms with Crippen molar-refractivity contribution in [3.05, 3.63) is 51.2 Å². The van der Waals surface area contributed by atoms with Gasteiger partial charge in [0.15, 0.2) is 12.3 Å². The Labute approximate surface area is 177 Å². The van der Waals surface area contributed by atoms with Crippen molar-refractivity contribution >= 4 is 23.4 Å². The standard InChI is InChI=1S/C20H21ClN4O5/c1-23-9-10-25-16(20(23)29)17(27)19(28)22-18(25)13-6-4-8-24(13)15(26)11-30-14-7-3-2-5-12(14)21/h2-3,5,7,13,27H,4,6,8-11H2,1H3/t13-/m0/s1. The Morgan fingerprint density at radius 3 is 2.80 bits per heavy atom. The van der Waals surface area contributed by atoms with Crippen molar-refractivity contribution in [3.8, 4) is 11.5 Å². The van der Waals surface area contributed by atoms with Gasteiger partial charge in [0.25, 0.3) is 11.8 Å². The zero-order valence-electron chi connectivity index (χ0n) is 16.4. The van der Waals surface area contributed by atoms with Crippen LogP contribution >= 0.6 is 11.6 Å². The summed E-state index contributed by atoms with van der Waals surface area (Å²) < 4.78 is 7.13. The van der Waals surface area contributed by atoms with E-state index in [1.165, 1.54) is 4.90 Å². The molecule has 2 aromatic rings. The SMILES string of the molecule is CN1CCn2c([C@@H]3CCCN3C(=O)COc3ccccc3Cl)nc(=O)c(O)c2C1=O. The summed E-state index contributed by atoms with van der Waals surface area (Å²) >= 11 is 6.07. The van der Waals surface area contributed by atoms with Gasteiger partial charge in [0.05, 0.1) is 11.1 Å². The van der Waals surface area contributed by atoms with E-state index in [1.807, 2.05) is 0 Å². The van der Waals surface area contributed by atoms with Crippen LogP contribution in [0, 0.1) is 0 Å². The molecular formula is C20H21ClN4O5. The predicted octanol–water partition coefficient (Wildman–Crippen LogP) is 1.43. The first-order chi connectivity index (χ1) is 14.4. The molecule has 2 aliphatic heterocycles. The van der Waals surface area contributed by atoms with Gasteiger partial charge in [0.1, 0.15) is 11.6 Å². The Morgan fingerprint density at radius 2 is 2.03 bits per heavy atom. The molecule has 2 amide bonds.